The summed E-state index contributed by atoms with van der Waals surface area (Å²) in [5.41, 5.74) is 0. The van der Waals surface area contributed by atoms with Crippen molar-refractivity contribution in [1.82, 2.24) is 0 Å². The standard InChI is InChI=1S/C6H12O3/c1-5(7-2)8-3-6-4-9-6/h5-6H,3-4H2,1-2H3. The van der Waals surface area contributed by atoms with E-state index in [1.807, 2.05) is 6.92 Å². The van der Waals surface area contributed by atoms with Gasteiger partial charge < -0.3 is 14.2 Å². The van der Waals surface area contributed by atoms with Crippen LogP contribution in [0.25, 0.3) is 0 Å². The van der Waals surface area contributed by atoms with Crippen molar-refractivity contribution in [3.05, 3.63) is 0 Å². The predicted molar refractivity (Wildman–Crippen MR) is 32.2 cm³/mol. The van der Waals surface area contributed by atoms with Crippen molar-refractivity contribution < 1.29 is 14.2 Å². The molecule has 2 unspecified atom stereocenters. The molecule has 0 spiro atoms. The third kappa shape index (κ3) is 2.79. The fourth-order valence-corrected chi connectivity index (χ4v) is 0.475. The van der Waals surface area contributed by atoms with Gasteiger partial charge in [0.1, 0.15) is 6.10 Å². The second-order valence-corrected chi connectivity index (χ2v) is 2.09. The van der Waals surface area contributed by atoms with Crippen molar-refractivity contribution in [3.63, 3.8) is 0 Å². The van der Waals surface area contributed by atoms with Crippen molar-refractivity contribution in [2.24, 2.45) is 0 Å². The normalized spacial score (nSPS) is 28.0. The minimum absolute atomic E-state index is 0.103. The summed E-state index contributed by atoms with van der Waals surface area (Å²) in [5, 5.41) is 0. The number of rotatable bonds is 4. The quantitative estimate of drug-likeness (QED) is 0.409. The molecule has 0 saturated carbocycles. The molecule has 2 atom stereocenters. The Morgan fingerprint density at radius 1 is 1.78 bits per heavy atom. The Hall–Kier alpha value is -0.120. The smallest absolute Gasteiger partial charge is 0.154 e. The molecular formula is C6H12O3. The third-order valence-electron chi connectivity index (χ3n) is 1.25. The van der Waals surface area contributed by atoms with Gasteiger partial charge in [0.05, 0.1) is 13.2 Å². The molecule has 1 aliphatic heterocycles. The first-order valence-corrected chi connectivity index (χ1v) is 3.09. The highest BCUT2D eigenvalue weighted by Gasteiger charge is 2.23. The summed E-state index contributed by atoms with van der Waals surface area (Å²) in [6, 6.07) is 0. The number of epoxide rings is 1. The van der Waals surface area contributed by atoms with Crippen molar-refractivity contribution in [1.29, 1.82) is 0 Å². The zero-order chi connectivity index (χ0) is 6.69. The van der Waals surface area contributed by atoms with Gasteiger partial charge in [-0.3, -0.25) is 0 Å². The summed E-state index contributed by atoms with van der Waals surface area (Å²) in [6.45, 7) is 3.37. The Kier molecular flexibility index (Phi) is 2.45. The number of hydrogen-bond donors (Lipinski definition) is 0. The monoisotopic (exact) mass is 132 g/mol. The third-order valence-corrected chi connectivity index (χ3v) is 1.25. The fraction of sp³-hybridized carbons (Fsp3) is 1.00. The molecular weight excluding hydrogens is 120 g/mol. The van der Waals surface area contributed by atoms with Crippen molar-refractivity contribution in [2.75, 3.05) is 20.3 Å². The highest BCUT2D eigenvalue weighted by Crippen LogP contribution is 2.09. The lowest BCUT2D eigenvalue weighted by Gasteiger charge is -2.08. The molecule has 54 valence electrons. The van der Waals surface area contributed by atoms with Gasteiger partial charge in [0.15, 0.2) is 6.29 Å². The van der Waals surface area contributed by atoms with E-state index in [0.717, 1.165) is 6.61 Å². The summed E-state index contributed by atoms with van der Waals surface area (Å²) in [5.74, 6) is 0. The predicted octanol–water partition coefficient (Wildman–Crippen LogP) is 0.394. The van der Waals surface area contributed by atoms with Crippen LogP contribution in [0, 0.1) is 0 Å². The van der Waals surface area contributed by atoms with Gasteiger partial charge in [0, 0.05) is 7.11 Å². The molecule has 1 rings (SSSR count). The summed E-state index contributed by atoms with van der Waals surface area (Å²) in [4.78, 5) is 0. The van der Waals surface area contributed by atoms with Crippen LogP contribution >= 0.6 is 0 Å². The summed E-state index contributed by atoms with van der Waals surface area (Å²) in [6.07, 6.45) is 0.233. The SMILES string of the molecule is COC(C)OCC1CO1. The topological polar surface area (TPSA) is 31.0 Å². The summed E-state index contributed by atoms with van der Waals surface area (Å²) < 4.78 is 14.9. The van der Waals surface area contributed by atoms with E-state index >= 15 is 0 Å². The molecule has 3 heteroatoms. The van der Waals surface area contributed by atoms with Crippen LogP contribution in [0.3, 0.4) is 0 Å². The van der Waals surface area contributed by atoms with Crippen molar-refractivity contribution in [3.8, 4) is 0 Å². The largest absolute Gasteiger partial charge is 0.371 e. The van der Waals surface area contributed by atoms with Gasteiger partial charge in [-0.25, -0.2) is 0 Å². The van der Waals surface area contributed by atoms with Crippen molar-refractivity contribution >= 4 is 0 Å². The number of ether oxygens (including phenoxy) is 3. The summed E-state index contributed by atoms with van der Waals surface area (Å²) >= 11 is 0. The highest BCUT2D eigenvalue weighted by molar-refractivity contribution is 4.67. The number of hydrogen-bond acceptors (Lipinski definition) is 3. The van der Waals surface area contributed by atoms with E-state index in [4.69, 9.17) is 14.2 Å². The first-order valence-electron chi connectivity index (χ1n) is 3.09. The molecule has 0 aromatic heterocycles. The molecule has 0 N–H and O–H groups in total. The maximum atomic E-state index is 5.17. The fourth-order valence-electron chi connectivity index (χ4n) is 0.475. The second kappa shape index (κ2) is 3.15. The zero-order valence-corrected chi connectivity index (χ0v) is 5.79. The Morgan fingerprint density at radius 3 is 2.89 bits per heavy atom. The molecule has 9 heavy (non-hydrogen) atoms. The van der Waals surface area contributed by atoms with Crippen LogP contribution in [0.5, 0.6) is 0 Å². The lowest BCUT2D eigenvalue weighted by Crippen LogP contribution is -2.13. The molecule has 0 aromatic carbocycles. The van der Waals surface area contributed by atoms with E-state index in [-0.39, 0.29) is 6.29 Å². The Morgan fingerprint density at radius 2 is 2.44 bits per heavy atom. The van der Waals surface area contributed by atoms with Crippen molar-refractivity contribution in [2.45, 2.75) is 19.3 Å². The van der Waals surface area contributed by atoms with Crippen LogP contribution in [0.15, 0.2) is 0 Å². The van der Waals surface area contributed by atoms with Crippen LogP contribution in [-0.4, -0.2) is 32.7 Å². The molecule has 3 nitrogen and oxygen atoms in total. The van der Waals surface area contributed by atoms with Gasteiger partial charge >= 0.3 is 0 Å². The minimum Gasteiger partial charge on any atom is -0.371 e. The summed E-state index contributed by atoms with van der Waals surface area (Å²) in [7, 11) is 1.62. The Labute approximate surface area is 54.9 Å². The maximum Gasteiger partial charge on any atom is 0.154 e. The minimum atomic E-state index is -0.103. The van der Waals surface area contributed by atoms with E-state index in [2.05, 4.69) is 0 Å². The molecule has 0 bridgehead atoms. The zero-order valence-electron chi connectivity index (χ0n) is 5.79. The molecule has 1 fully saturated rings. The molecule has 1 heterocycles. The Bertz CT molecular complexity index is 80.4. The Balaban J connectivity index is 1.90. The van der Waals surface area contributed by atoms with E-state index in [0.29, 0.717) is 12.7 Å². The second-order valence-electron chi connectivity index (χ2n) is 2.09. The average Bonchev–Trinajstić information content (AvgIpc) is 2.65. The number of methoxy groups -OCH3 is 1. The molecule has 0 radical (unpaired) electrons. The van der Waals surface area contributed by atoms with Gasteiger partial charge in [-0.15, -0.1) is 0 Å². The molecule has 0 aliphatic carbocycles. The van der Waals surface area contributed by atoms with E-state index in [1.54, 1.807) is 7.11 Å². The first-order chi connectivity index (χ1) is 4.33. The first kappa shape index (κ1) is 6.99. The van der Waals surface area contributed by atoms with Gasteiger partial charge in [-0.2, -0.15) is 0 Å². The lowest BCUT2D eigenvalue weighted by atomic mass is 10.5. The molecule has 0 amide bonds. The molecule has 0 aromatic rings. The van der Waals surface area contributed by atoms with Gasteiger partial charge in [0.25, 0.3) is 0 Å². The highest BCUT2D eigenvalue weighted by atomic mass is 16.7. The van der Waals surface area contributed by atoms with E-state index in [1.165, 1.54) is 0 Å². The lowest BCUT2D eigenvalue weighted by molar-refractivity contribution is -0.113. The van der Waals surface area contributed by atoms with Crippen LogP contribution in [-0.2, 0) is 14.2 Å². The van der Waals surface area contributed by atoms with Gasteiger partial charge in [-0.1, -0.05) is 0 Å². The van der Waals surface area contributed by atoms with Crippen LogP contribution in [0.1, 0.15) is 6.92 Å². The van der Waals surface area contributed by atoms with E-state index in [9.17, 15) is 0 Å². The van der Waals surface area contributed by atoms with Crippen LogP contribution < -0.4 is 0 Å². The molecule has 1 aliphatic rings. The van der Waals surface area contributed by atoms with Gasteiger partial charge in [-0.05, 0) is 6.92 Å². The van der Waals surface area contributed by atoms with Crippen LogP contribution in [0.2, 0.25) is 0 Å². The average molecular weight is 132 g/mol. The van der Waals surface area contributed by atoms with Gasteiger partial charge in [0.2, 0.25) is 0 Å². The van der Waals surface area contributed by atoms with E-state index < -0.39 is 0 Å². The van der Waals surface area contributed by atoms with Crippen LogP contribution in [0.4, 0.5) is 0 Å². The molecule has 1 saturated heterocycles. The maximum absolute atomic E-state index is 5.17.